The maximum absolute atomic E-state index is 11.0. The zero-order chi connectivity index (χ0) is 20.1. The Morgan fingerprint density at radius 3 is 1.70 bits per heavy atom. The van der Waals surface area contributed by atoms with Crippen LogP contribution in [0.15, 0.2) is 60.7 Å². The molecule has 144 valence electrons. The number of hydrogen-bond donors (Lipinski definition) is 1. The fraction of sp³-hybridized carbons (Fsp3) is 0.417. The van der Waals surface area contributed by atoms with E-state index in [0.717, 1.165) is 0 Å². The molecule has 0 aliphatic carbocycles. The van der Waals surface area contributed by atoms with Crippen LogP contribution in [0.2, 0.25) is 5.04 Å². The van der Waals surface area contributed by atoms with E-state index in [1.165, 1.54) is 10.4 Å². The van der Waals surface area contributed by atoms with Gasteiger partial charge in [0.15, 0.2) is 0 Å². The highest BCUT2D eigenvalue weighted by Crippen LogP contribution is 2.39. The summed E-state index contributed by atoms with van der Waals surface area (Å²) in [6, 6.07) is 21.0. The predicted molar refractivity (Wildman–Crippen MR) is 117 cm³/mol. The average Bonchev–Trinajstić information content (AvgIpc) is 2.63. The van der Waals surface area contributed by atoms with Crippen LogP contribution in [0, 0.1) is 11.8 Å². The molecule has 0 aliphatic rings. The topological polar surface area (TPSA) is 29.5 Å². The lowest BCUT2D eigenvalue weighted by Gasteiger charge is -2.46. The molecule has 0 bridgehead atoms. The maximum atomic E-state index is 11.0. The van der Waals surface area contributed by atoms with Crippen LogP contribution in [0.1, 0.15) is 48.0 Å². The molecule has 0 saturated carbocycles. The van der Waals surface area contributed by atoms with E-state index in [-0.39, 0.29) is 11.1 Å². The third-order valence-electron chi connectivity index (χ3n) is 5.11. The third kappa shape index (κ3) is 4.35. The number of hydrogen-bond acceptors (Lipinski definition) is 2. The van der Waals surface area contributed by atoms with Gasteiger partial charge in [-0.1, -0.05) is 94.3 Å². The van der Waals surface area contributed by atoms with Crippen molar-refractivity contribution in [1.29, 1.82) is 0 Å². The van der Waals surface area contributed by atoms with Crippen molar-refractivity contribution in [3.05, 3.63) is 60.7 Å². The van der Waals surface area contributed by atoms with E-state index in [4.69, 9.17) is 4.43 Å². The van der Waals surface area contributed by atoms with Gasteiger partial charge in [-0.2, -0.15) is 0 Å². The van der Waals surface area contributed by atoms with Crippen LogP contribution < -0.4 is 10.4 Å². The van der Waals surface area contributed by atoms with E-state index < -0.39 is 13.9 Å². The van der Waals surface area contributed by atoms with E-state index in [1.54, 1.807) is 13.8 Å². The van der Waals surface area contributed by atoms with Gasteiger partial charge in [0.05, 0.1) is 6.10 Å². The highest BCUT2D eigenvalue weighted by atomic mass is 28.4. The number of benzene rings is 2. The Balaban J connectivity index is 2.74. The molecule has 2 atom stereocenters. The van der Waals surface area contributed by atoms with E-state index >= 15 is 0 Å². The highest BCUT2D eigenvalue weighted by Gasteiger charge is 2.53. The van der Waals surface area contributed by atoms with Gasteiger partial charge in [0.2, 0.25) is 0 Å². The Labute approximate surface area is 165 Å². The maximum Gasteiger partial charge on any atom is 0.261 e. The molecule has 0 heterocycles. The first-order chi connectivity index (χ1) is 12.7. The Bertz CT molecular complexity index is 740. The zero-order valence-corrected chi connectivity index (χ0v) is 18.4. The first-order valence-corrected chi connectivity index (χ1v) is 11.5. The Hall–Kier alpha value is -1.86. The molecule has 27 heavy (non-hydrogen) atoms. The lowest BCUT2D eigenvalue weighted by atomic mass is 9.98. The second-order valence-electron chi connectivity index (χ2n) is 8.20. The smallest absolute Gasteiger partial charge is 0.261 e. The van der Waals surface area contributed by atoms with Crippen LogP contribution >= 0.6 is 0 Å². The van der Waals surface area contributed by atoms with Crippen molar-refractivity contribution in [3.63, 3.8) is 0 Å². The number of aliphatic hydroxyl groups is 1. The number of rotatable bonds is 6. The fourth-order valence-electron chi connectivity index (χ4n) is 3.83. The largest absolute Gasteiger partial charge is 0.401 e. The summed E-state index contributed by atoms with van der Waals surface area (Å²) in [6.07, 6.45) is 0.308. The van der Waals surface area contributed by atoms with Crippen molar-refractivity contribution in [2.24, 2.45) is 0 Å². The monoisotopic (exact) mass is 380 g/mol. The van der Waals surface area contributed by atoms with E-state index in [2.05, 4.69) is 81.1 Å². The summed E-state index contributed by atoms with van der Waals surface area (Å²) in [6.45, 7) is 12.3. The van der Waals surface area contributed by atoms with Crippen LogP contribution in [-0.2, 0) is 4.43 Å². The van der Waals surface area contributed by atoms with Gasteiger partial charge in [-0.05, 0) is 35.7 Å². The van der Waals surface area contributed by atoms with Crippen molar-refractivity contribution in [2.45, 2.75) is 64.7 Å². The SMILES string of the molecule is CC#CC(C)(O)[C@@H](CC)O[Si](c1ccccc1)(c1ccccc1)C(C)(C)C. The van der Waals surface area contributed by atoms with E-state index in [0.29, 0.717) is 6.42 Å². The molecule has 1 unspecified atom stereocenters. The molecule has 0 fully saturated rings. The summed E-state index contributed by atoms with van der Waals surface area (Å²) in [5.41, 5.74) is -1.20. The molecule has 2 aromatic carbocycles. The van der Waals surface area contributed by atoms with Crippen molar-refractivity contribution < 1.29 is 9.53 Å². The van der Waals surface area contributed by atoms with Gasteiger partial charge >= 0.3 is 0 Å². The zero-order valence-electron chi connectivity index (χ0n) is 17.4. The third-order valence-corrected chi connectivity index (χ3v) is 10.2. The lowest BCUT2D eigenvalue weighted by Crippen LogP contribution is -2.69. The van der Waals surface area contributed by atoms with Crippen molar-refractivity contribution in [3.8, 4) is 11.8 Å². The molecule has 1 N–H and O–H groups in total. The van der Waals surface area contributed by atoms with Crippen LogP contribution in [0.5, 0.6) is 0 Å². The van der Waals surface area contributed by atoms with Crippen molar-refractivity contribution in [2.75, 3.05) is 0 Å². The van der Waals surface area contributed by atoms with Crippen molar-refractivity contribution in [1.82, 2.24) is 0 Å². The van der Waals surface area contributed by atoms with Crippen LogP contribution in [0.4, 0.5) is 0 Å². The minimum Gasteiger partial charge on any atom is -0.401 e. The van der Waals surface area contributed by atoms with Gasteiger partial charge in [0.1, 0.15) is 5.60 Å². The van der Waals surface area contributed by atoms with Gasteiger partial charge in [0.25, 0.3) is 8.32 Å². The predicted octanol–water partition coefficient (Wildman–Crippen LogP) is 4.12. The molecule has 0 radical (unpaired) electrons. The summed E-state index contributed by atoms with van der Waals surface area (Å²) in [5.74, 6) is 5.81. The summed E-state index contributed by atoms with van der Waals surface area (Å²) in [4.78, 5) is 0. The van der Waals surface area contributed by atoms with Gasteiger partial charge < -0.3 is 9.53 Å². The minimum atomic E-state index is -2.70. The summed E-state index contributed by atoms with van der Waals surface area (Å²) in [5, 5.41) is 13.3. The standard InChI is InChI=1S/C24H32O2Si/c1-7-19-24(6,25)22(8-2)26-27(23(3,4)5,20-15-11-9-12-16-20)21-17-13-10-14-18-21/h9-18,22,25H,8H2,1-6H3/t22-,24?/m1/s1. The molecule has 2 aromatic rings. The van der Waals surface area contributed by atoms with Gasteiger partial charge in [-0.3, -0.25) is 0 Å². The van der Waals surface area contributed by atoms with Crippen molar-refractivity contribution >= 4 is 18.7 Å². The first-order valence-electron chi connectivity index (χ1n) is 9.64. The van der Waals surface area contributed by atoms with E-state index in [1.807, 2.05) is 19.1 Å². The summed E-state index contributed by atoms with van der Waals surface area (Å²) in [7, 11) is -2.70. The summed E-state index contributed by atoms with van der Waals surface area (Å²) >= 11 is 0. The van der Waals surface area contributed by atoms with Gasteiger partial charge in [0, 0.05) is 0 Å². The summed E-state index contributed by atoms with van der Waals surface area (Å²) < 4.78 is 7.03. The molecule has 0 saturated heterocycles. The Morgan fingerprint density at radius 1 is 0.926 bits per heavy atom. The van der Waals surface area contributed by atoms with Gasteiger partial charge in [-0.15, -0.1) is 5.92 Å². The van der Waals surface area contributed by atoms with Crippen LogP contribution in [0.3, 0.4) is 0 Å². The molecule has 0 amide bonds. The Kier molecular flexibility index (Phi) is 6.70. The first kappa shape index (κ1) is 21.4. The molecular weight excluding hydrogens is 348 g/mol. The fourth-order valence-corrected chi connectivity index (χ4v) is 8.67. The normalized spacial score (nSPS) is 15.4. The minimum absolute atomic E-state index is 0.126. The van der Waals surface area contributed by atoms with E-state index in [9.17, 15) is 5.11 Å². The molecule has 0 aromatic heterocycles. The molecule has 0 spiro atoms. The van der Waals surface area contributed by atoms with Crippen LogP contribution in [0.25, 0.3) is 0 Å². The molecular formula is C24H32O2Si. The van der Waals surface area contributed by atoms with Crippen LogP contribution in [-0.4, -0.2) is 25.1 Å². The quantitative estimate of drug-likeness (QED) is 0.603. The second kappa shape index (κ2) is 8.44. The molecule has 2 rings (SSSR count). The van der Waals surface area contributed by atoms with Gasteiger partial charge in [-0.25, -0.2) is 0 Å². The highest BCUT2D eigenvalue weighted by molar-refractivity contribution is 6.99. The molecule has 2 nitrogen and oxygen atoms in total. The molecule has 0 aliphatic heterocycles. The Morgan fingerprint density at radius 2 is 1.37 bits per heavy atom. The average molecular weight is 381 g/mol. The lowest BCUT2D eigenvalue weighted by molar-refractivity contribution is -0.0107. The second-order valence-corrected chi connectivity index (χ2v) is 12.5. The molecule has 3 heteroatoms.